The molecule has 16 heavy (non-hydrogen) atoms. The second-order valence-corrected chi connectivity index (χ2v) is 4.82. The Morgan fingerprint density at radius 3 is 3.00 bits per heavy atom. The predicted molar refractivity (Wildman–Crippen MR) is 66.7 cm³/mol. The molecule has 2 aromatic rings. The summed E-state index contributed by atoms with van der Waals surface area (Å²) < 4.78 is 2.36. The first-order valence-corrected chi connectivity index (χ1v) is 5.98. The third kappa shape index (κ3) is 1.31. The van der Waals surface area contributed by atoms with Gasteiger partial charge in [-0.1, -0.05) is 26.0 Å². The minimum atomic E-state index is 0.573. The molecule has 3 rings (SSSR count). The number of nitrogens with zero attached hydrogens (tertiary/aromatic N) is 2. The molecule has 1 aromatic carbocycles. The van der Waals surface area contributed by atoms with Gasteiger partial charge in [0.2, 0.25) is 5.95 Å². The van der Waals surface area contributed by atoms with Gasteiger partial charge in [-0.25, -0.2) is 4.98 Å². The first kappa shape index (κ1) is 9.70. The number of fused-ring (bicyclic) bond motifs is 3. The van der Waals surface area contributed by atoms with Crippen LogP contribution in [0.3, 0.4) is 0 Å². The zero-order valence-electron chi connectivity index (χ0n) is 9.77. The Morgan fingerprint density at radius 1 is 1.38 bits per heavy atom. The molecule has 0 spiro atoms. The summed E-state index contributed by atoms with van der Waals surface area (Å²) in [5.41, 5.74) is 2.35. The first-order valence-electron chi connectivity index (χ1n) is 5.98. The maximum absolute atomic E-state index is 4.64. The maximum Gasteiger partial charge on any atom is 0.204 e. The van der Waals surface area contributed by atoms with Crippen LogP contribution in [0, 0.1) is 5.92 Å². The summed E-state index contributed by atoms with van der Waals surface area (Å²) in [7, 11) is 0. The number of anilines is 1. The van der Waals surface area contributed by atoms with E-state index in [2.05, 4.69) is 46.9 Å². The Balaban J connectivity index is 2.24. The van der Waals surface area contributed by atoms with Gasteiger partial charge in [-0.2, -0.15) is 0 Å². The summed E-state index contributed by atoms with van der Waals surface area (Å²) >= 11 is 0. The van der Waals surface area contributed by atoms with Crippen LogP contribution in [0.1, 0.15) is 26.3 Å². The molecule has 3 nitrogen and oxygen atoms in total. The van der Waals surface area contributed by atoms with Crippen LogP contribution in [-0.2, 0) is 0 Å². The van der Waals surface area contributed by atoms with Gasteiger partial charge < -0.3 is 9.88 Å². The van der Waals surface area contributed by atoms with Crippen molar-refractivity contribution in [3.63, 3.8) is 0 Å². The number of rotatable bonds is 1. The lowest BCUT2D eigenvalue weighted by molar-refractivity contribution is 0.357. The molecule has 0 saturated carbocycles. The number of benzene rings is 1. The monoisotopic (exact) mass is 215 g/mol. The van der Waals surface area contributed by atoms with Crippen molar-refractivity contribution in [1.82, 2.24) is 9.55 Å². The summed E-state index contributed by atoms with van der Waals surface area (Å²) in [5, 5.41) is 3.39. The van der Waals surface area contributed by atoms with Gasteiger partial charge in [-0.05, 0) is 24.5 Å². The average molecular weight is 215 g/mol. The molecule has 1 atom stereocenters. The second kappa shape index (κ2) is 3.51. The van der Waals surface area contributed by atoms with Gasteiger partial charge in [-0.15, -0.1) is 0 Å². The van der Waals surface area contributed by atoms with E-state index in [1.165, 1.54) is 11.9 Å². The van der Waals surface area contributed by atoms with Crippen molar-refractivity contribution in [3.8, 4) is 0 Å². The van der Waals surface area contributed by atoms with Crippen LogP contribution in [-0.4, -0.2) is 16.1 Å². The van der Waals surface area contributed by atoms with E-state index in [1.807, 2.05) is 6.07 Å². The Kier molecular flexibility index (Phi) is 2.13. The number of nitrogens with one attached hydrogen (secondary N) is 1. The highest BCUT2D eigenvalue weighted by Crippen LogP contribution is 2.33. The SMILES string of the molecule is CC(C)C1CCNc2nc3ccccc3n21. The van der Waals surface area contributed by atoms with Gasteiger partial charge >= 0.3 is 0 Å². The molecule has 1 aliphatic rings. The zero-order chi connectivity index (χ0) is 11.1. The normalized spacial score (nSPS) is 19.8. The van der Waals surface area contributed by atoms with Crippen LogP contribution < -0.4 is 5.32 Å². The predicted octanol–water partition coefficient (Wildman–Crippen LogP) is 3.05. The van der Waals surface area contributed by atoms with E-state index in [1.54, 1.807) is 0 Å². The number of hydrogen-bond donors (Lipinski definition) is 1. The summed E-state index contributed by atoms with van der Waals surface area (Å²) in [5.74, 6) is 1.68. The van der Waals surface area contributed by atoms with Crippen LogP contribution in [0.5, 0.6) is 0 Å². The third-order valence-electron chi connectivity index (χ3n) is 3.42. The fourth-order valence-electron chi connectivity index (χ4n) is 2.60. The Hall–Kier alpha value is -1.51. The quantitative estimate of drug-likeness (QED) is 0.792. The van der Waals surface area contributed by atoms with E-state index in [4.69, 9.17) is 0 Å². The van der Waals surface area contributed by atoms with Crippen molar-refractivity contribution in [3.05, 3.63) is 24.3 Å². The number of para-hydroxylation sites is 2. The largest absolute Gasteiger partial charge is 0.356 e. The van der Waals surface area contributed by atoms with Crippen molar-refractivity contribution in [2.45, 2.75) is 26.3 Å². The highest BCUT2D eigenvalue weighted by Gasteiger charge is 2.24. The molecule has 0 aliphatic carbocycles. The average Bonchev–Trinajstić information content (AvgIpc) is 2.66. The lowest BCUT2D eigenvalue weighted by atomic mass is 9.99. The molecule has 0 amide bonds. The van der Waals surface area contributed by atoms with Gasteiger partial charge in [0.05, 0.1) is 11.0 Å². The van der Waals surface area contributed by atoms with E-state index >= 15 is 0 Å². The molecular formula is C13H17N3. The molecule has 0 saturated heterocycles. The van der Waals surface area contributed by atoms with Gasteiger partial charge in [0.25, 0.3) is 0 Å². The molecular weight excluding hydrogens is 198 g/mol. The maximum atomic E-state index is 4.64. The highest BCUT2D eigenvalue weighted by atomic mass is 15.2. The Labute approximate surface area is 95.5 Å². The van der Waals surface area contributed by atoms with Crippen molar-refractivity contribution in [2.75, 3.05) is 11.9 Å². The van der Waals surface area contributed by atoms with E-state index < -0.39 is 0 Å². The molecule has 1 aliphatic heterocycles. The van der Waals surface area contributed by atoms with Crippen molar-refractivity contribution < 1.29 is 0 Å². The van der Waals surface area contributed by atoms with E-state index in [-0.39, 0.29) is 0 Å². The molecule has 2 heterocycles. The molecule has 1 N–H and O–H groups in total. The minimum Gasteiger partial charge on any atom is -0.356 e. The molecule has 1 aromatic heterocycles. The van der Waals surface area contributed by atoms with Gasteiger partial charge in [0.15, 0.2) is 0 Å². The summed E-state index contributed by atoms with van der Waals surface area (Å²) in [4.78, 5) is 4.64. The van der Waals surface area contributed by atoms with Crippen LogP contribution in [0.4, 0.5) is 5.95 Å². The van der Waals surface area contributed by atoms with Crippen LogP contribution in [0.15, 0.2) is 24.3 Å². The third-order valence-corrected chi connectivity index (χ3v) is 3.42. The van der Waals surface area contributed by atoms with Crippen LogP contribution in [0.2, 0.25) is 0 Å². The number of imidazole rings is 1. The minimum absolute atomic E-state index is 0.573. The van der Waals surface area contributed by atoms with Gasteiger partial charge in [0.1, 0.15) is 0 Å². The summed E-state index contributed by atoms with van der Waals surface area (Å²) in [6, 6.07) is 8.95. The zero-order valence-corrected chi connectivity index (χ0v) is 9.77. The Bertz CT molecular complexity index is 513. The molecule has 0 radical (unpaired) electrons. The van der Waals surface area contributed by atoms with E-state index in [9.17, 15) is 0 Å². The van der Waals surface area contributed by atoms with Gasteiger partial charge in [-0.3, -0.25) is 0 Å². The van der Waals surface area contributed by atoms with Crippen molar-refractivity contribution in [2.24, 2.45) is 5.92 Å². The topological polar surface area (TPSA) is 29.9 Å². The molecule has 0 bridgehead atoms. The van der Waals surface area contributed by atoms with Crippen LogP contribution >= 0.6 is 0 Å². The van der Waals surface area contributed by atoms with Gasteiger partial charge in [0, 0.05) is 12.6 Å². The number of aromatic nitrogens is 2. The summed E-state index contributed by atoms with van der Waals surface area (Å²) in [6.07, 6.45) is 1.19. The van der Waals surface area contributed by atoms with Crippen molar-refractivity contribution >= 4 is 17.0 Å². The molecule has 1 unspecified atom stereocenters. The molecule has 3 heteroatoms. The summed E-state index contributed by atoms with van der Waals surface area (Å²) in [6.45, 7) is 5.61. The first-order chi connectivity index (χ1) is 7.77. The van der Waals surface area contributed by atoms with Crippen molar-refractivity contribution in [1.29, 1.82) is 0 Å². The molecule has 84 valence electrons. The van der Waals surface area contributed by atoms with E-state index in [0.29, 0.717) is 12.0 Å². The second-order valence-electron chi connectivity index (χ2n) is 4.82. The van der Waals surface area contributed by atoms with Crippen LogP contribution in [0.25, 0.3) is 11.0 Å². The molecule has 0 fully saturated rings. The highest BCUT2D eigenvalue weighted by molar-refractivity contribution is 5.79. The Morgan fingerprint density at radius 2 is 2.19 bits per heavy atom. The lowest BCUT2D eigenvalue weighted by Gasteiger charge is -2.29. The standard InChI is InChI=1S/C13H17N3/c1-9(2)11-7-8-14-13-15-10-5-3-4-6-12(10)16(11)13/h3-6,9,11H,7-8H2,1-2H3,(H,14,15). The lowest BCUT2D eigenvalue weighted by Crippen LogP contribution is -2.26. The fourth-order valence-corrected chi connectivity index (χ4v) is 2.60. The fraction of sp³-hybridized carbons (Fsp3) is 0.462. The van der Waals surface area contributed by atoms with E-state index in [0.717, 1.165) is 18.0 Å². The smallest absolute Gasteiger partial charge is 0.204 e. The number of hydrogen-bond acceptors (Lipinski definition) is 2.